The number of benzene rings is 5. The van der Waals surface area contributed by atoms with Crippen molar-refractivity contribution in [2.45, 2.75) is 78.4 Å². The van der Waals surface area contributed by atoms with Gasteiger partial charge in [-0.25, -0.2) is 58.2 Å². The minimum absolute atomic E-state index is 0.00598. The van der Waals surface area contributed by atoms with Gasteiger partial charge in [-0.1, -0.05) is 149 Å². The Morgan fingerprint density at radius 1 is 0.415 bits per heavy atom. The zero-order valence-corrected chi connectivity index (χ0v) is 62.8. The summed E-state index contributed by atoms with van der Waals surface area (Å²) >= 11 is 14.4. The number of rotatable bonds is 11. The molecule has 4 aliphatic rings. The topological polar surface area (TPSA) is 243 Å². The molecule has 0 radical (unpaired) electrons. The highest BCUT2D eigenvalue weighted by molar-refractivity contribution is 9.10. The number of carbonyl (C=O) groups excluding carboxylic acids is 4. The second-order valence-corrected chi connectivity index (χ2v) is 28.0. The van der Waals surface area contributed by atoms with Gasteiger partial charge in [0.25, 0.3) is 0 Å². The van der Waals surface area contributed by atoms with Gasteiger partial charge >= 0.3 is 19.3 Å². The van der Waals surface area contributed by atoms with Crippen LogP contribution in [0.4, 0.5) is 18.4 Å². The van der Waals surface area contributed by atoms with E-state index in [-0.39, 0.29) is 35.8 Å². The molecule has 5 aromatic carbocycles. The maximum atomic E-state index is 12.9. The van der Waals surface area contributed by atoms with Gasteiger partial charge < -0.3 is 39.1 Å². The van der Waals surface area contributed by atoms with Gasteiger partial charge in [-0.05, 0) is 142 Å². The van der Waals surface area contributed by atoms with Crippen LogP contribution in [0.5, 0.6) is 0 Å². The molecule has 4 aromatic heterocycles. The van der Waals surface area contributed by atoms with Gasteiger partial charge in [0.1, 0.15) is 23.0 Å². The van der Waals surface area contributed by atoms with Crippen LogP contribution in [0.25, 0.3) is 67.8 Å². The molecule has 4 aliphatic heterocycles. The fraction of sp³-hybridized carbons (Fsp3) is 0.275. The number of amides is 4. The molecular formula is C80H82BBrCl2F2N12O8. The number of aromatic nitrogens is 8. The maximum absolute atomic E-state index is 12.9. The molecule has 0 fully saturated rings. The summed E-state index contributed by atoms with van der Waals surface area (Å²) in [5.74, 6) is 1.57. The van der Waals surface area contributed by atoms with E-state index in [1.807, 2.05) is 114 Å². The lowest BCUT2D eigenvalue weighted by atomic mass is 9.81. The van der Waals surface area contributed by atoms with Crippen molar-refractivity contribution in [3.05, 3.63) is 246 Å². The number of hydrogen-bond acceptors (Lipinski definition) is 16. The molecule has 2 N–H and O–H groups in total. The summed E-state index contributed by atoms with van der Waals surface area (Å²) in [4.78, 5) is 87.3. The number of alkyl halides is 2. The molecular weight excluding hydrogens is 1460 g/mol. The zero-order chi connectivity index (χ0) is 75.8. The first-order chi connectivity index (χ1) is 50.9. The fourth-order valence-electron chi connectivity index (χ4n) is 11.1. The Hall–Kier alpha value is -10.2. The number of ether oxygens (including phenoxy) is 2. The summed E-state index contributed by atoms with van der Waals surface area (Å²) in [7, 11) is -1.37. The van der Waals surface area contributed by atoms with Crippen molar-refractivity contribution in [1.82, 2.24) is 59.5 Å². The smallest absolute Gasteiger partial charge is 0.444 e. The summed E-state index contributed by atoms with van der Waals surface area (Å²) < 4.78 is 37.5. The Bertz CT molecular complexity index is 4500. The van der Waals surface area contributed by atoms with Crippen LogP contribution >= 0.6 is 39.1 Å². The molecule has 0 saturated heterocycles. The van der Waals surface area contributed by atoms with E-state index >= 15 is 0 Å². The summed E-state index contributed by atoms with van der Waals surface area (Å²) in [5.41, 5.74) is 12.7. The molecule has 13 rings (SSSR count). The first-order valence-corrected chi connectivity index (χ1v) is 36.2. The maximum Gasteiger partial charge on any atom is 0.488 e. The van der Waals surface area contributed by atoms with E-state index in [2.05, 4.69) is 104 Å². The molecule has 0 bridgehead atoms. The monoisotopic (exact) mass is 1540 g/mol. The third-order valence-corrected chi connectivity index (χ3v) is 17.7. The largest absolute Gasteiger partial charge is 0.488 e. The van der Waals surface area contributed by atoms with Crippen molar-refractivity contribution in [3.63, 3.8) is 0 Å². The SMILES string of the molecule is CC(C)(C)OC(=O)N1CC=C(c2ccc(-c3ncc(F)cn3)cc2)CC1.CC(C)(C)OC(=O)N1CC=C(c2ccc(-c3ncccn3)cc2)CC1.O=C(CCl)N1CC=C(c2ccc(-c3ncc(F)cn3)cc2)CC1.O=C(CCl)N1CC=C(c2ccc(-c3ncccn3)cc2)CC1.OB(O)c1ccc(Br)cc1. The highest BCUT2D eigenvalue weighted by atomic mass is 79.9. The lowest BCUT2D eigenvalue weighted by Crippen LogP contribution is -2.39. The van der Waals surface area contributed by atoms with E-state index in [4.69, 9.17) is 42.7 Å². The van der Waals surface area contributed by atoms with Crippen molar-refractivity contribution < 1.29 is 47.5 Å². The van der Waals surface area contributed by atoms with Crippen LogP contribution in [0.2, 0.25) is 0 Å². The lowest BCUT2D eigenvalue weighted by molar-refractivity contribution is -0.128. The highest BCUT2D eigenvalue weighted by Crippen LogP contribution is 2.30. The quantitative estimate of drug-likeness (QED) is 0.0903. The molecule has 106 heavy (non-hydrogen) atoms. The van der Waals surface area contributed by atoms with Crippen LogP contribution in [0.1, 0.15) is 89.5 Å². The molecule has 0 unspecified atom stereocenters. The van der Waals surface area contributed by atoms with Crippen molar-refractivity contribution >= 4 is 98.0 Å². The van der Waals surface area contributed by atoms with E-state index in [9.17, 15) is 28.0 Å². The molecule has 26 heteroatoms. The minimum Gasteiger partial charge on any atom is -0.444 e. The first-order valence-electron chi connectivity index (χ1n) is 34.3. The predicted molar refractivity (Wildman–Crippen MR) is 414 cm³/mol. The van der Waals surface area contributed by atoms with Gasteiger partial charge in [-0.2, -0.15) is 0 Å². The number of nitrogens with zero attached hydrogens (tertiary/aromatic N) is 12. The minimum atomic E-state index is -1.37. The number of hydrogen-bond donors (Lipinski definition) is 2. The van der Waals surface area contributed by atoms with E-state index in [0.717, 1.165) is 107 Å². The number of halogens is 5. The molecule has 20 nitrogen and oxygen atoms in total. The van der Waals surface area contributed by atoms with E-state index < -0.39 is 30.0 Å². The van der Waals surface area contributed by atoms with Gasteiger partial charge in [0.15, 0.2) is 34.9 Å². The fourth-order valence-corrected chi connectivity index (χ4v) is 11.7. The Labute approximate surface area is 634 Å². The van der Waals surface area contributed by atoms with Crippen LogP contribution in [-0.4, -0.2) is 176 Å². The summed E-state index contributed by atoms with van der Waals surface area (Å²) in [6.45, 7) is 16.3. The second kappa shape index (κ2) is 38.7. The third-order valence-electron chi connectivity index (χ3n) is 16.7. The van der Waals surface area contributed by atoms with E-state index in [1.54, 1.807) is 80.8 Å². The molecule has 548 valence electrons. The molecule has 8 heterocycles. The van der Waals surface area contributed by atoms with Crippen molar-refractivity contribution in [2.24, 2.45) is 0 Å². The van der Waals surface area contributed by atoms with Gasteiger partial charge in [-0.3, -0.25) is 9.59 Å². The summed E-state index contributed by atoms with van der Waals surface area (Å²) in [6.07, 6.45) is 22.6. The molecule has 4 amide bonds. The van der Waals surface area contributed by atoms with Crippen LogP contribution < -0.4 is 5.46 Å². The van der Waals surface area contributed by atoms with Crippen molar-refractivity contribution in [3.8, 4) is 45.6 Å². The molecule has 0 spiro atoms. The molecule has 0 saturated carbocycles. The normalized spacial score (nSPS) is 14.2. The summed E-state index contributed by atoms with van der Waals surface area (Å²) in [6, 6.07) is 42.5. The van der Waals surface area contributed by atoms with Crippen LogP contribution in [0, 0.1) is 11.6 Å². The number of carbonyl (C=O) groups is 4. The summed E-state index contributed by atoms with van der Waals surface area (Å²) in [5, 5.41) is 17.3. The lowest BCUT2D eigenvalue weighted by Gasteiger charge is -2.29. The predicted octanol–water partition coefficient (Wildman–Crippen LogP) is 14.7. The highest BCUT2D eigenvalue weighted by Gasteiger charge is 2.27. The average molecular weight is 1540 g/mol. The molecule has 9 aromatic rings. The second-order valence-electron chi connectivity index (χ2n) is 26.5. The Kier molecular flexibility index (Phi) is 29.1. The standard InChI is InChI=1S/C20H22FN3O2.C20H23N3O2.C17H15ClFN3O.C17H16ClN3O.C6H6BBrO2/c1-20(2,3)26-19(25)24-10-8-15(9-11-24)14-4-6-16(7-5-14)18-22-12-17(21)13-23-18;1-20(2,3)25-19(24)23-13-9-16(10-14-23)15-5-7-17(8-6-15)18-21-11-4-12-22-18;18-9-16(23)22-7-5-13(6-8-22)12-1-3-14(4-2-12)17-20-10-15(19)11-21-17;18-12-16(22)21-10-6-14(7-11-21)13-2-4-15(5-3-13)17-19-8-1-9-20-17;8-6-3-1-5(2-4-6)7(9)10/h4-8,12-13H,9-11H2,1-3H3;4-9,11-12H,10,13-14H2,1-3H3;1-5,10-11H,6-9H2;1-6,8-9H,7,10-12H2;1-4,9-10H. The third kappa shape index (κ3) is 24.4. The Morgan fingerprint density at radius 2 is 0.670 bits per heavy atom. The van der Waals surface area contributed by atoms with Gasteiger partial charge in [0.05, 0.1) is 24.8 Å². The van der Waals surface area contributed by atoms with Gasteiger partial charge in [0.2, 0.25) is 11.8 Å². The molecule has 0 atom stereocenters. The van der Waals surface area contributed by atoms with Crippen LogP contribution in [0.15, 0.2) is 212 Å². The zero-order valence-electron chi connectivity index (χ0n) is 59.7. The van der Waals surface area contributed by atoms with Gasteiger partial charge in [0, 0.05) is 104 Å². The average Bonchev–Trinajstić information content (AvgIpc) is 0.845. The Balaban J connectivity index is 0.000000157. The Morgan fingerprint density at radius 3 is 0.906 bits per heavy atom. The first kappa shape index (κ1) is 79.9. The van der Waals surface area contributed by atoms with Crippen LogP contribution in [-0.2, 0) is 19.1 Å². The van der Waals surface area contributed by atoms with Crippen molar-refractivity contribution in [2.75, 3.05) is 64.1 Å². The van der Waals surface area contributed by atoms with E-state index in [1.165, 1.54) is 33.4 Å². The van der Waals surface area contributed by atoms with Crippen molar-refractivity contribution in [1.29, 1.82) is 0 Å². The molecule has 0 aliphatic carbocycles. The van der Waals surface area contributed by atoms with Crippen LogP contribution in [0.3, 0.4) is 0 Å². The van der Waals surface area contributed by atoms with Gasteiger partial charge in [-0.15, -0.1) is 23.2 Å². The van der Waals surface area contributed by atoms with E-state index in [0.29, 0.717) is 62.9 Å².